The Kier molecular flexibility index (Phi) is 10.1. The number of hydrogen-bond acceptors (Lipinski definition) is 4. The Bertz CT molecular complexity index is 1060. The first kappa shape index (κ1) is 26.7. The van der Waals surface area contributed by atoms with E-state index in [1.54, 1.807) is 0 Å². The molecule has 0 atom stereocenters. The molecule has 1 saturated heterocycles. The number of aromatic amines is 1. The first-order valence-corrected chi connectivity index (χ1v) is 12.2. The molecule has 8 heteroatoms. The summed E-state index contributed by atoms with van der Waals surface area (Å²) in [6.45, 7) is 8.67. The molecule has 3 aromatic rings. The molecule has 1 aliphatic heterocycles. The fourth-order valence-corrected chi connectivity index (χ4v) is 4.42. The maximum absolute atomic E-state index is 11.4. The molecular weight excluding hydrogens is 464 g/mol. The molecule has 0 unspecified atom stereocenters. The Balaban J connectivity index is 0.00000342. The molecule has 1 aromatic heterocycles. The van der Waals surface area contributed by atoms with Crippen molar-refractivity contribution in [3.8, 4) is 5.75 Å². The molecule has 35 heavy (non-hydrogen) atoms. The quantitative estimate of drug-likeness (QED) is 0.314. The molecule has 4 N–H and O–H groups in total. The number of aryl methyl sites for hydroxylation is 1. The van der Waals surface area contributed by atoms with Gasteiger partial charge in [0.2, 0.25) is 0 Å². The minimum absolute atomic E-state index is 0. The van der Waals surface area contributed by atoms with E-state index in [1.165, 1.54) is 50.3 Å². The number of nitrogens with zero attached hydrogens (tertiary/aromatic N) is 2. The predicted octanol–water partition coefficient (Wildman–Crippen LogP) is -0.360. The van der Waals surface area contributed by atoms with Gasteiger partial charge in [0.05, 0.1) is 19.7 Å². The van der Waals surface area contributed by atoms with E-state index in [2.05, 4.69) is 68.9 Å². The maximum Gasteiger partial charge on any atom is 0.356 e. The summed E-state index contributed by atoms with van der Waals surface area (Å²) in [6, 6.07) is 16.7. The third-order valence-corrected chi connectivity index (χ3v) is 6.45. The van der Waals surface area contributed by atoms with E-state index >= 15 is 0 Å². The van der Waals surface area contributed by atoms with Crippen LogP contribution in [0.15, 0.2) is 48.5 Å². The summed E-state index contributed by atoms with van der Waals surface area (Å²) >= 11 is 0. The van der Waals surface area contributed by atoms with Gasteiger partial charge in [-0.3, -0.25) is 10.00 Å². The highest BCUT2D eigenvalue weighted by molar-refractivity contribution is 5.87. The fraction of sp³-hybridized carbons (Fsp3) is 0.407. The standard InChI is InChI=1S/C27H34N4O3.ClH/c1-20-25(26(27(32)33)30-29-20)19-23-6-4-21(5-7-23)18-22-8-10-24(11-9-22)34-17-3-2-14-31-15-12-28-13-16-31;/h4-11,28H,2-3,12-19H2,1H3,(H,29,30)(H,32,33);1H. The number of unbranched alkanes of at least 4 members (excludes halogenated alkanes) is 1. The summed E-state index contributed by atoms with van der Waals surface area (Å²) in [6.07, 6.45) is 3.67. The number of halogens is 1. The van der Waals surface area contributed by atoms with Crippen LogP contribution in [-0.2, 0) is 12.8 Å². The first-order chi connectivity index (χ1) is 16.6. The zero-order valence-corrected chi connectivity index (χ0v) is 21.1. The fourth-order valence-electron chi connectivity index (χ4n) is 4.42. The van der Waals surface area contributed by atoms with Crippen LogP contribution in [0.5, 0.6) is 5.75 Å². The number of quaternary nitrogens is 1. The highest BCUT2D eigenvalue weighted by Gasteiger charge is 2.16. The topological polar surface area (TPSA) is 95.1 Å². The van der Waals surface area contributed by atoms with E-state index in [0.717, 1.165) is 42.0 Å². The number of rotatable bonds is 11. The number of piperazine rings is 1. The number of H-pyrrole nitrogens is 1. The SMILES string of the molecule is Cc1[nH]nc(C(=O)O)c1Cc1ccc(Cc2ccc(OCCCCN3CC[NH2+]CC3)cc2)cc1.[Cl-]. The van der Waals surface area contributed by atoms with Crippen LogP contribution >= 0.6 is 0 Å². The van der Waals surface area contributed by atoms with Gasteiger partial charge in [-0.1, -0.05) is 36.4 Å². The second kappa shape index (κ2) is 13.3. The van der Waals surface area contributed by atoms with Gasteiger partial charge in [-0.15, -0.1) is 0 Å². The average molecular weight is 499 g/mol. The Morgan fingerprint density at radius 1 is 1.00 bits per heavy atom. The second-order valence-electron chi connectivity index (χ2n) is 9.06. The number of nitrogens with one attached hydrogen (secondary N) is 1. The normalized spacial score (nSPS) is 13.9. The summed E-state index contributed by atoms with van der Waals surface area (Å²) in [5.41, 5.74) is 5.16. The lowest BCUT2D eigenvalue weighted by Gasteiger charge is -2.24. The van der Waals surface area contributed by atoms with Gasteiger partial charge in [0.1, 0.15) is 5.75 Å². The van der Waals surface area contributed by atoms with Crippen molar-refractivity contribution in [1.29, 1.82) is 0 Å². The summed E-state index contributed by atoms with van der Waals surface area (Å²) in [5, 5.41) is 18.4. The smallest absolute Gasteiger partial charge is 0.356 e. The first-order valence-electron chi connectivity index (χ1n) is 12.2. The lowest BCUT2D eigenvalue weighted by atomic mass is 9.99. The molecule has 0 saturated carbocycles. The number of nitrogens with two attached hydrogens (primary N) is 1. The molecule has 2 heterocycles. The summed E-state index contributed by atoms with van der Waals surface area (Å²) in [5.74, 6) is -0.0730. The molecule has 2 aromatic carbocycles. The zero-order chi connectivity index (χ0) is 23.8. The van der Waals surface area contributed by atoms with Crippen molar-refractivity contribution in [3.05, 3.63) is 82.2 Å². The van der Waals surface area contributed by atoms with E-state index < -0.39 is 5.97 Å². The molecule has 0 spiro atoms. The van der Waals surface area contributed by atoms with Crippen LogP contribution in [0.25, 0.3) is 0 Å². The van der Waals surface area contributed by atoms with Crippen LogP contribution in [0.3, 0.4) is 0 Å². The highest BCUT2D eigenvalue weighted by Crippen LogP contribution is 2.19. The van der Waals surface area contributed by atoms with Gasteiger partial charge in [0.15, 0.2) is 5.69 Å². The predicted molar refractivity (Wildman–Crippen MR) is 132 cm³/mol. The summed E-state index contributed by atoms with van der Waals surface area (Å²) < 4.78 is 5.93. The molecule has 0 radical (unpaired) electrons. The van der Waals surface area contributed by atoms with Crippen molar-refractivity contribution >= 4 is 5.97 Å². The number of aromatic carboxylic acids is 1. The van der Waals surface area contributed by atoms with Gasteiger partial charge < -0.3 is 27.6 Å². The van der Waals surface area contributed by atoms with Crippen molar-refractivity contribution in [1.82, 2.24) is 15.1 Å². The highest BCUT2D eigenvalue weighted by atomic mass is 35.5. The summed E-state index contributed by atoms with van der Waals surface area (Å²) in [4.78, 5) is 13.9. The van der Waals surface area contributed by atoms with E-state index in [0.29, 0.717) is 6.42 Å². The number of benzene rings is 2. The molecule has 1 aliphatic rings. The monoisotopic (exact) mass is 498 g/mol. The molecule has 188 valence electrons. The summed E-state index contributed by atoms with van der Waals surface area (Å²) in [7, 11) is 0. The molecule has 1 fully saturated rings. The molecule has 0 amide bonds. The van der Waals surface area contributed by atoms with Gasteiger partial charge in [-0.25, -0.2) is 4.79 Å². The van der Waals surface area contributed by atoms with Crippen molar-refractivity contribution in [3.63, 3.8) is 0 Å². The van der Waals surface area contributed by atoms with Crippen molar-refractivity contribution in [2.24, 2.45) is 0 Å². The van der Waals surface area contributed by atoms with Gasteiger partial charge in [-0.05, 0) is 61.6 Å². The maximum atomic E-state index is 11.4. The van der Waals surface area contributed by atoms with Crippen molar-refractivity contribution in [2.45, 2.75) is 32.6 Å². The third-order valence-electron chi connectivity index (χ3n) is 6.45. The molecule has 7 nitrogen and oxygen atoms in total. The van der Waals surface area contributed by atoms with Crippen LogP contribution in [0.4, 0.5) is 0 Å². The van der Waals surface area contributed by atoms with Crippen molar-refractivity contribution < 1.29 is 32.4 Å². The number of aromatic nitrogens is 2. The Morgan fingerprint density at radius 3 is 2.23 bits per heavy atom. The van der Waals surface area contributed by atoms with E-state index in [4.69, 9.17) is 4.74 Å². The van der Waals surface area contributed by atoms with Gasteiger partial charge in [0, 0.05) is 30.8 Å². The largest absolute Gasteiger partial charge is 1.00 e. The zero-order valence-electron chi connectivity index (χ0n) is 20.3. The number of hydrogen-bond donors (Lipinski definition) is 3. The minimum Gasteiger partial charge on any atom is -1.00 e. The van der Waals surface area contributed by atoms with E-state index in [9.17, 15) is 9.90 Å². The van der Waals surface area contributed by atoms with E-state index in [-0.39, 0.29) is 18.1 Å². The lowest BCUT2D eigenvalue weighted by Crippen LogP contribution is -3.00. The number of carboxylic acids is 1. The third kappa shape index (κ3) is 7.82. The van der Waals surface area contributed by atoms with Crippen molar-refractivity contribution in [2.75, 3.05) is 39.3 Å². The molecule has 4 rings (SSSR count). The average Bonchev–Trinajstić information content (AvgIpc) is 3.22. The van der Waals surface area contributed by atoms with Gasteiger partial charge >= 0.3 is 5.97 Å². The van der Waals surface area contributed by atoms with Crippen LogP contribution in [0.2, 0.25) is 0 Å². The van der Waals surface area contributed by atoms with Gasteiger partial charge in [0.25, 0.3) is 0 Å². The minimum atomic E-state index is -1.00. The van der Waals surface area contributed by atoms with Crippen LogP contribution in [0, 0.1) is 6.92 Å². The lowest BCUT2D eigenvalue weighted by molar-refractivity contribution is -0.663. The van der Waals surface area contributed by atoms with E-state index in [1.807, 2.05) is 6.92 Å². The Hall–Kier alpha value is -2.87. The second-order valence-corrected chi connectivity index (χ2v) is 9.06. The number of carboxylic acid groups (broad SMARTS) is 1. The Morgan fingerprint density at radius 2 is 1.60 bits per heavy atom. The molecular formula is C27H35ClN4O3. The Labute approximate surface area is 213 Å². The molecule has 0 aliphatic carbocycles. The van der Waals surface area contributed by atoms with Crippen LogP contribution in [-0.4, -0.2) is 65.5 Å². The van der Waals surface area contributed by atoms with Crippen LogP contribution < -0.4 is 22.5 Å². The van der Waals surface area contributed by atoms with Crippen LogP contribution in [0.1, 0.15) is 51.3 Å². The van der Waals surface area contributed by atoms with Gasteiger partial charge in [-0.2, -0.15) is 5.10 Å². The molecule has 0 bridgehead atoms. The number of carbonyl (C=O) groups is 1. The number of ether oxygens (including phenoxy) is 1.